The molecule has 1 aliphatic heterocycles. The van der Waals surface area contributed by atoms with E-state index in [9.17, 15) is 5.21 Å². The summed E-state index contributed by atoms with van der Waals surface area (Å²) in [5.74, 6) is 0.805. The van der Waals surface area contributed by atoms with Crippen molar-refractivity contribution in [1.29, 1.82) is 0 Å². The molecule has 2 aromatic heterocycles. The molecular formula is C32H36N6O3. The van der Waals surface area contributed by atoms with E-state index in [1.807, 2.05) is 47.1 Å². The van der Waals surface area contributed by atoms with Crippen molar-refractivity contribution in [3.05, 3.63) is 84.3 Å². The molecule has 0 saturated carbocycles. The summed E-state index contributed by atoms with van der Waals surface area (Å²) in [7, 11) is 0. The van der Waals surface area contributed by atoms with Crippen LogP contribution in [0.4, 0.5) is 0 Å². The highest BCUT2D eigenvalue weighted by Gasteiger charge is 2.21. The van der Waals surface area contributed by atoms with Crippen molar-refractivity contribution in [3.8, 4) is 33.8 Å². The number of hydrogen-bond donors (Lipinski definition) is 2. The monoisotopic (exact) mass is 552 g/mol. The second-order valence-corrected chi connectivity index (χ2v) is 10.4. The van der Waals surface area contributed by atoms with E-state index in [0.717, 1.165) is 104 Å². The Bertz CT molecular complexity index is 1460. The Balaban J connectivity index is 1.10. The summed E-state index contributed by atoms with van der Waals surface area (Å²) in [6.45, 7) is 7.36. The third kappa shape index (κ3) is 6.48. The molecule has 6 rings (SSSR count). The van der Waals surface area contributed by atoms with Gasteiger partial charge >= 0.3 is 0 Å². The molecule has 4 aromatic rings. The topological polar surface area (TPSA) is 97.0 Å². The fourth-order valence-electron chi connectivity index (χ4n) is 5.52. The molecule has 41 heavy (non-hydrogen) atoms. The van der Waals surface area contributed by atoms with Crippen molar-refractivity contribution in [1.82, 2.24) is 25.0 Å². The molecule has 0 amide bonds. The van der Waals surface area contributed by atoms with Crippen LogP contribution in [0.5, 0.6) is 5.75 Å². The van der Waals surface area contributed by atoms with Crippen molar-refractivity contribution in [2.75, 3.05) is 52.5 Å². The van der Waals surface area contributed by atoms with Crippen molar-refractivity contribution in [3.63, 3.8) is 0 Å². The fourth-order valence-corrected chi connectivity index (χ4v) is 5.52. The lowest BCUT2D eigenvalue weighted by Gasteiger charge is -2.26. The van der Waals surface area contributed by atoms with Gasteiger partial charge in [0.15, 0.2) is 0 Å². The van der Waals surface area contributed by atoms with E-state index in [1.165, 1.54) is 5.56 Å². The largest absolute Gasteiger partial charge is 0.491 e. The molecule has 0 spiro atoms. The maximum Gasteiger partial charge on any atom is 0.119 e. The van der Waals surface area contributed by atoms with Crippen LogP contribution in [0.2, 0.25) is 0 Å². The number of ether oxygens (including phenoxy) is 2. The van der Waals surface area contributed by atoms with Crippen LogP contribution in [0.1, 0.15) is 24.0 Å². The minimum absolute atomic E-state index is 0.520. The Morgan fingerprint density at radius 1 is 0.878 bits per heavy atom. The number of benzene rings is 2. The summed E-state index contributed by atoms with van der Waals surface area (Å²) in [5.41, 5.74) is 7.89. The summed E-state index contributed by atoms with van der Waals surface area (Å²) in [6, 6.07) is 18.2. The van der Waals surface area contributed by atoms with Crippen molar-refractivity contribution in [2.45, 2.75) is 19.3 Å². The normalized spacial score (nSPS) is 16.2. The SMILES string of the molecule is ON=C1CCc2cc(-c3cn(-c4ccc(OCCOCCCN5CCNCC5)cc4)nc3-c3ccncc3)ccc21. The zero-order valence-corrected chi connectivity index (χ0v) is 23.2. The van der Waals surface area contributed by atoms with E-state index >= 15 is 0 Å². The molecule has 1 saturated heterocycles. The lowest BCUT2D eigenvalue weighted by atomic mass is 9.98. The highest BCUT2D eigenvalue weighted by atomic mass is 16.5. The number of pyridine rings is 1. The third-order valence-corrected chi connectivity index (χ3v) is 7.72. The molecule has 212 valence electrons. The number of nitrogens with zero attached hydrogens (tertiary/aromatic N) is 5. The molecule has 0 radical (unpaired) electrons. The number of fused-ring (bicyclic) bond motifs is 1. The predicted molar refractivity (Wildman–Crippen MR) is 159 cm³/mol. The Kier molecular flexibility index (Phi) is 8.65. The van der Waals surface area contributed by atoms with Gasteiger partial charge in [0.1, 0.15) is 18.1 Å². The van der Waals surface area contributed by atoms with E-state index in [4.69, 9.17) is 14.6 Å². The van der Waals surface area contributed by atoms with Crippen LogP contribution in [-0.4, -0.2) is 83.1 Å². The molecule has 2 N–H and O–H groups in total. The van der Waals surface area contributed by atoms with Gasteiger partial charge in [-0.15, -0.1) is 0 Å². The number of rotatable bonds is 11. The van der Waals surface area contributed by atoms with Crippen molar-refractivity contribution < 1.29 is 14.7 Å². The Hall–Kier alpha value is -4.05. The van der Waals surface area contributed by atoms with Gasteiger partial charge in [0, 0.05) is 74.6 Å². The number of piperazine rings is 1. The van der Waals surface area contributed by atoms with E-state index < -0.39 is 0 Å². The molecular weight excluding hydrogens is 516 g/mol. The van der Waals surface area contributed by atoms with Crippen LogP contribution in [0, 0.1) is 0 Å². The maximum absolute atomic E-state index is 9.32. The first-order valence-corrected chi connectivity index (χ1v) is 14.4. The Morgan fingerprint density at radius 3 is 2.51 bits per heavy atom. The predicted octanol–water partition coefficient (Wildman–Crippen LogP) is 4.42. The van der Waals surface area contributed by atoms with Gasteiger partial charge in [-0.1, -0.05) is 23.4 Å². The number of hydrogen-bond acceptors (Lipinski definition) is 8. The van der Waals surface area contributed by atoms with Crippen LogP contribution in [0.3, 0.4) is 0 Å². The molecule has 0 bridgehead atoms. The summed E-state index contributed by atoms with van der Waals surface area (Å²) in [5, 5.41) is 21.2. The first kappa shape index (κ1) is 27.1. The second kappa shape index (κ2) is 13.1. The average molecular weight is 553 g/mol. The minimum Gasteiger partial charge on any atom is -0.491 e. The summed E-state index contributed by atoms with van der Waals surface area (Å²) in [6.07, 6.45) is 8.30. The average Bonchev–Trinajstić information content (AvgIpc) is 3.66. The molecule has 3 heterocycles. The minimum atomic E-state index is 0.520. The Morgan fingerprint density at radius 2 is 1.71 bits per heavy atom. The van der Waals surface area contributed by atoms with Gasteiger partial charge in [0.05, 0.1) is 18.0 Å². The number of aromatic nitrogens is 3. The highest BCUT2D eigenvalue weighted by molar-refractivity contribution is 6.04. The zero-order chi connectivity index (χ0) is 27.9. The third-order valence-electron chi connectivity index (χ3n) is 7.72. The quantitative estimate of drug-likeness (QED) is 0.162. The van der Waals surface area contributed by atoms with E-state index in [2.05, 4.69) is 38.7 Å². The van der Waals surface area contributed by atoms with E-state index in [-0.39, 0.29) is 0 Å². The molecule has 0 atom stereocenters. The smallest absolute Gasteiger partial charge is 0.119 e. The van der Waals surface area contributed by atoms with Gasteiger partial charge in [-0.25, -0.2) is 4.68 Å². The standard InChI is InChI=1S/C32H36N6O3/c39-36-31-9-3-25-22-26(2-8-29(25)31)30-23-38(35-32(30)24-10-12-33-13-11-24)27-4-6-28(7-5-27)41-21-20-40-19-1-16-37-17-14-34-15-18-37/h2,4-8,10-13,22-23,34,39H,1,3,9,14-21H2. The number of nitrogens with one attached hydrogen (secondary N) is 1. The lowest BCUT2D eigenvalue weighted by Crippen LogP contribution is -2.43. The van der Waals surface area contributed by atoms with Crippen molar-refractivity contribution >= 4 is 5.71 Å². The highest BCUT2D eigenvalue weighted by Crippen LogP contribution is 2.35. The van der Waals surface area contributed by atoms with Crippen LogP contribution >= 0.6 is 0 Å². The molecule has 2 aromatic carbocycles. The summed E-state index contributed by atoms with van der Waals surface area (Å²) >= 11 is 0. The number of oxime groups is 1. The summed E-state index contributed by atoms with van der Waals surface area (Å²) in [4.78, 5) is 6.66. The van der Waals surface area contributed by atoms with Gasteiger partial charge < -0.3 is 24.9 Å². The zero-order valence-electron chi connectivity index (χ0n) is 23.2. The Labute approximate surface area is 240 Å². The molecule has 1 aliphatic carbocycles. The molecule has 1 fully saturated rings. The van der Waals surface area contributed by atoms with Gasteiger partial charge in [0.25, 0.3) is 0 Å². The molecule has 2 aliphatic rings. The van der Waals surface area contributed by atoms with Crippen molar-refractivity contribution in [2.24, 2.45) is 5.16 Å². The van der Waals surface area contributed by atoms with E-state index in [0.29, 0.717) is 13.2 Å². The first-order chi connectivity index (χ1) is 20.3. The first-order valence-electron chi connectivity index (χ1n) is 14.4. The second-order valence-electron chi connectivity index (χ2n) is 10.4. The molecule has 9 nitrogen and oxygen atoms in total. The van der Waals surface area contributed by atoms with Gasteiger partial charge in [-0.05, 0) is 66.8 Å². The summed E-state index contributed by atoms with van der Waals surface area (Å²) < 4.78 is 13.6. The van der Waals surface area contributed by atoms with Gasteiger partial charge in [-0.2, -0.15) is 5.10 Å². The van der Waals surface area contributed by atoms with Crippen LogP contribution in [0.25, 0.3) is 28.1 Å². The lowest BCUT2D eigenvalue weighted by molar-refractivity contribution is 0.0903. The van der Waals surface area contributed by atoms with Crippen LogP contribution in [0.15, 0.2) is 78.3 Å². The maximum atomic E-state index is 9.32. The van der Waals surface area contributed by atoms with Crippen LogP contribution in [-0.2, 0) is 11.2 Å². The molecule has 9 heteroatoms. The fraction of sp³-hybridized carbons (Fsp3) is 0.344. The molecule has 0 unspecified atom stereocenters. The van der Waals surface area contributed by atoms with Gasteiger partial charge in [-0.3, -0.25) is 4.98 Å². The van der Waals surface area contributed by atoms with E-state index in [1.54, 1.807) is 12.4 Å². The van der Waals surface area contributed by atoms with Gasteiger partial charge in [0.2, 0.25) is 0 Å². The number of aryl methyl sites for hydroxylation is 1. The van der Waals surface area contributed by atoms with Crippen LogP contribution < -0.4 is 10.1 Å².